The van der Waals surface area contributed by atoms with Gasteiger partial charge < -0.3 is 10.8 Å². The van der Waals surface area contributed by atoms with Gasteiger partial charge in [-0.25, -0.2) is 0 Å². The van der Waals surface area contributed by atoms with Crippen molar-refractivity contribution in [3.63, 3.8) is 0 Å². The zero-order valence-electron chi connectivity index (χ0n) is 12.8. The molecular formula is C17H30N2O. The SMILES string of the molecule is CCCCCCCCCC(O)C(CN)c1ccncc1. The summed E-state index contributed by atoms with van der Waals surface area (Å²) in [6.45, 7) is 2.73. The Morgan fingerprint density at radius 2 is 1.65 bits per heavy atom. The number of nitrogens with zero attached hydrogens (tertiary/aromatic N) is 1. The lowest BCUT2D eigenvalue weighted by atomic mass is 9.91. The van der Waals surface area contributed by atoms with Crippen LogP contribution in [-0.2, 0) is 0 Å². The lowest BCUT2D eigenvalue weighted by molar-refractivity contribution is 0.132. The van der Waals surface area contributed by atoms with Gasteiger partial charge in [-0.05, 0) is 24.1 Å². The first kappa shape index (κ1) is 17.1. The van der Waals surface area contributed by atoms with Gasteiger partial charge in [0.25, 0.3) is 0 Å². The number of unbranched alkanes of at least 4 members (excludes halogenated alkanes) is 6. The predicted molar refractivity (Wildman–Crippen MR) is 84.6 cm³/mol. The number of pyridine rings is 1. The van der Waals surface area contributed by atoms with Crippen LogP contribution >= 0.6 is 0 Å². The second-order valence-electron chi connectivity index (χ2n) is 5.60. The Balaban J connectivity index is 2.22. The van der Waals surface area contributed by atoms with Gasteiger partial charge in [0.15, 0.2) is 0 Å². The Labute approximate surface area is 123 Å². The van der Waals surface area contributed by atoms with Crippen LogP contribution in [0, 0.1) is 0 Å². The summed E-state index contributed by atoms with van der Waals surface area (Å²) < 4.78 is 0. The van der Waals surface area contributed by atoms with E-state index in [2.05, 4.69) is 11.9 Å². The zero-order valence-corrected chi connectivity index (χ0v) is 12.8. The van der Waals surface area contributed by atoms with Crippen molar-refractivity contribution in [2.45, 2.75) is 70.3 Å². The van der Waals surface area contributed by atoms with Crippen molar-refractivity contribution in [1.29, 1.82) is 0 Å². The lowest BCUT2D eigenvalue weighted by Crippen LogP contribution is -2.25. The van der Waals surface area contributed by atoms with Crippen molar-refractivity contribution < 1.29 is 5.11 Å². The van der Waals surface area contributed by atoms with E-state index in [1.165, 1.54) is 38.5 Å². The summed E-state index contributed by atoms with van der Waals surface area (Å²) in [5, 5.41) is 10.3. The highest BCUT2D eigenvalue weighted by Crippen LogP contribution is 2.22. The van der Waals surface area contributed by atoms with E-state index in [9.17, 15) is 5.11 Å². The maximum atomic E-state index is 10.3. The quantitative estimate of drug-likeness (QED) is 0.608. The third kappa shape index (κ3) is 6.49. The van der Waals surface area contributed by atoms with E-state index in [1.54, 1.807) is 12.4 Å². The molecule has 114 valence electrons. The smallest absolute Gasteiger partial charge is 0.0620 e. The molecule has 1 heterocycles. The van der Waals surface area contributed by atoms with Crippen molar-refractivity contribution in [3.05, 3.63) is 30.1 Å². The second kappa shape index (κ2) is 10.8. The molecule has 0 aromatic carbocycles. The van der Waals surface area contributed by atoms with E-state index < -0.39 is 0 Å². The number of rotatable bonds is 11. The summed E-state index contributed by atoms with van der Waals surface area (Å²) in [5.41, 5.74) is 6.91. The second-order valence-corrected chi connectivity index (χ2v) is 5.60. The number of nitrogens with two attached hydrogens (primary N) is 1. The molecule has 0 aliphatic heterocycles. The standard InChI is InChI=1S/C17H30N2O/c1-2-3-4-5-6-7-8-9-17(20)16(14-18)15-10-12-19-13-11-15/h10-13,16-17,20H,2-9,14,18H2,1H3. The molecule has 1 aromatic heterocycles. The molecule has 0 saturated heterocycles. The number of hydrogen-bond donors (Lipinski definition) is 2. The molecule has 1 rings (SSSR count). The van der Waals surface area contributed by atoms with E-state index in [0.717, 1.165) is 18.4 Å². The van der Waals surface area contributed by atoms with Gasteiger partial charge in [0, 0.05) is 24.9 Å². The van der Waals surface area contributed by atoms with Gasteiger partial charge >= 0.3 is 0 Å². The Morgan fingerprint density at radius 3 is 2.25 bits per heavy atom. The van der Waals surface area contributed by atoms with Gasteiger partial charge in [-0.1, -0.05) is 51.9 Å². The number of hydrogen-bond acceptors (Lipinski definition) is 3. The highest BCUT2D eigenvalue weighted by Gasteiger charge is 2.19. The largest absolute Gasteiger partial charge is 0.392 e. The molecule has 0 aliphatic rings. The minimum absolute atomic E-state index is 0.0399. The average molecular weight is 278 g/mol. The molecule has 3 heteroatoms. The molecule has 2 unspecified atom stereocenters. The van der Waals surface area contributed by atoms with Crippen LogP contribution in [0.3, 0.4) is 0 Å². The van der Waals surface area contributed by atoms with Crippen LogP contribution in [-0.4, -0.2) is 22.7 Å². The number of aliphatic hydroxyl groups excluding tert-OH is 1. The molecular weight excluding hydrogens is 248 g/mol. The third-order valence-corrected chi connectivity index (χ3v) is 3.96. The van der Waals surface area contributed by atoms with Crippen LogP contribution in [0.5, 0.6) is 0 Å². The van der Waals surface area contributed by atoms with Crippen LogP contribution in [0.15, 0.2) is 24.5 Å². The fourth-order valence-electron chi connectivity index (χ4n) is 2.64. The molecule has 0 saturated carbocycles. The molecule has 20 heavy (non-hydrogen) atoms. The average Bonchev–Trinajstić information content (AvgIpc) is 2.48. The summed E-state index contributed by atoms with van der Waals surface area (Å²) in [7, 11) is 0. The fourth-order valence-corrected chi connectivity index (χ4v) is 2.64. The van der Waals surface area contributed by atoms with E-state index in [-0.39, 0.29) is 12.0 Å². The van der Waals surface area contributed by atoms with Crippen LogP contribution in [0.1, 0.15) is 69.8 Å². The molecule has 0 fully saturated rings. The molecule has 0 spiro atoms. The normalized spacial score (nSPS) is 14.2. The Bertz CT molecular complexity index is 329. The zero-order chi connectivity index (χ0) is 14.6. The summed E-state index contributed by atoms with van der Waals surface area (Å²) in [6.07, 6.45) is 12.9. The van der Waals surface area contributed by atoms with Crippen molar-refractivity contribution >= 4 is 0 Å². The van der Waals surface area contributed by atoms with Crippen molar-refractivity contribution in [3.8, 4) is 0 Å². The Morgan fingerprint density at radius 1 is 1.05 bits per heavy atom. The highest BCUT2D eigenvalue weighted by atomic mass is 16.3. The molecule has 3 N–H and O–H groups in total. The number of aromatic nitrogens is 1. The molecule has 3 nitrogen and oxygen atoms in total. The first-order valence-corrected chi connectivity index (χ1v) is 8.07. The fraction of sp³-hybridized carbons (Fsp3) is 0.706. The van der Waals surface area contributed by atoms with Gasteiger partial charge in [0.05, 0.1) is 6.10 Å². The van der Waals surface area contributed by atoms with E-state index in [1.807, 2.05) is 12.1 Å². The first-order valence-electron chi connectivity index (χ1n) is 8.07. The van der Waals surface area contributed by atoms with Gasteiger partial charge in [-0.2, -0.15) is 0 Å². The summed E-state index contributed by atoms with van der Waals surface area (Å²) in [5.74, 6) is 0.0399. The van der Waals surface area contributed by atoms with Crippen LogP contribution < -0.4 is 5.73 Å². The third-order valence-electron chi connectivity index (χ3n) is 3.96. The molecule has 1 aromatic rings. The first-order chi connectivity index (χ1) is 9.79. The van der Waals surface area contributed by atoms with Crippen molar-refractivity contribution in [1.82, 2.24) is 4.98 Å². The van der Waals surface area contributed by atoms with Crippen LogP contribution in [0.25, 0.3) is 0 Å². The summed E-state index contributed by atoms with van der Waals surface area (Å²) in [4.78, 5) is 4.01. The van der Waals surface area contributed by atoms with E-state index in [4.69, 9.17) is 5.73 Å². The van der Waals surface area contributed by atoms with E-state index in [0.29, 0.717) is 6.54 Å². The maximum Gasteiger partial charge on any atom is 0.0620 e. The predicted octanol–water partition coefficient (Wildman–Crippen LogP) is 3.63. The molecule has 0 bridgehead atoms. The lowest BCUT2D eigenvalue weighted by Gasteiger charge is -2.21. The van der Waals surface area contributed by atoms with Crippen LogP contribution in [0.2, 0.25) is 0 Å². The van der Waals surface area contributed by atoms with Crippen molar-refractivity contribution in [2.24, 2.45) is 5.73 Å². The highest BCUT2D eigenvalue weighted by molar-refractivity contribution is 5.17. The Hall–Kier alpha value is -0.930. The van der Waals surface area contributed by atoms with Gasteiger partial charge in [0.2, 0.25) is 0 Å². The molecule has 0 radical (unpaired) electrons. The topological polar surface area (TPSA) is 59.1 Å². The Kier molecular flexibility index (Phi) is 9.25. The maximum absolute atomic E-state index is 10.3. The molecule has 0 aliphatic carbocycles. The minimum Gasteiger partial charge on any atom is -0.392 e. The van der Waals surface area contributed by atoms with Gasteiger partial charge in [-0.15, -0.1) is 0 Å². The monoisotopic (exact) mass is 278 g/mol. The van der Waals surface area contributed by atoms with Crippen molar-refractivity contribution in [2.75, 3.05) is 6.54 Å². The minimum atomic E-state index is -0.335. The summed E-state index contributed by atoms with van der Waals surface area (Å²) >= 11 is 0. The summed E-state index contributed by atoms with van der Waals surface area (Å²) in [6, 6.07) is 3.90. The van der Waals surface area contributed by atoms with Crippen LogP contribution in [0.4, 0.5) is 0 Å². The molecule has 2 atom stereocenters. The van der Waals surface area contributed by atoms with Gasteiger partial charge in [-0.3, -0.25) is 4.98 Å². The number of aliphatic hydroxyl groups is 1. The molecule has 0 amide bonds. The van der Waals surface area contributed by atoms with Gasteiger partial charge in [0.1, 0.15) is 0 Å². The van der Waals surface area contributed by atoms with E-state index >= 15 is 0 Å².